The number of aryl methyl sites for hydroxylation is 1. The normalized spacial score (nSPS) is 16.0. The molecule has 1 saturated heterocycles. The quantitative estimate of drug-likeness (QED) is 0.782. The Balaban J connectivity index is 1.55. The summed E-state index contributed by atoms with van der Waals surface area (Å²) in [6.07, 6.45) is 6.17. The summed E-state index contributed by atoms with van der Waals surface area (Å²) < 4.78 is 30.5. The summed E-state index contributed by atoms with van der Waals surface area (Å²) in [6, 6.07) is 7.93. The molecule has 3 rings (SSSR count). The van der Waals surface area contributed by atoms with E-state index >= 15 is 0 Å². The predicted molar refractivity (Wildman–Crippen MR) is 103 cm³/mol. The van der Waals surface area contributed by atoms with Crippen LogP contribution in [0.4, 0.5) is 5.69 Å². The van der Waals surface area contributed by atoms with Crippen molar-refractivity contribution in [3.8, 4) is 0 Å². The third-order valence-corrected chi connectivity index (χ3v) is 5.67. The highest BCUT2D eigenvalue weighted by Crippen LogP contribution is 2.19. The van der Waals surface area contributed by atoms with Crippen LogP contribution in [0.15, 0.2) is 52.0 Å². The second-order valence-electron chi connectivity index (χ2n) is 6.45. The Kier molecular flexibility index (Phi) is 5.90. The van der Waals surface area contributed by atoms with Gasteiger partial charge in [0.25, 0.3) is 10.0 Å². The second-order valence-corrected chi connectivity index (χ2v) is 8.06. The van der Waals surface area contributed by atoms with Crippen LogP contribution in [0, 0.1) is 0 Å². The molecule has 1 aromatic carbocycles. The van der Waals surface area contributed by atoms with Crippen molar-refractivity contribution >= 4 is 27.5 Å². The van der Waals surface area contributed by atoms with E-state index in [0.717, 1.165) is 13.0 Å². The van der Waals surface area contributed by atoms with Gasteiger partial charge in [0.1, 0.15) is 5.84 Å². The second kappa shape index (κ2) is 8.34. The van der Waals surface area contributed by atoms with Crippen LogP contribution in [0.25, 0.3) is 0 Å². The molecule has 144 valence electrons. The van der Waals surface area contributed by atoms with Crippen molar-refractivity contribution in [1.29, 1.82) is 0 Å². The van der Waals surface area contributed by atoms with Crippen LogP contribution in [0.5, 0.6) is 0 Å². The van der Waals surface area contributed by atoms with Crippen molar-refractivity contribution < 1.29 is 13.2 Å². The highest BCUT2D eigenvalue weighted by molar-refractivity contribution is 7.90. The lowest BCUT2D eigenvalue weighted by Gasteiger charge is -2.11. The van der Waals surface area contributed by atoms with Gasteiger partial charge in [-0.2, -0.15) is 13.5 Å². The molecule has 2 heterocycles. The molecular weight excluding hydrogens is 366 g/mol. The van der Waals surface area contributed by atoms with Gasteiger partial charge in [0.2, 0.25) is 5.91 Å². The fourth-order valence-corrected chi connectivity index (χ4v) is 3.96. The van der Waals surface area contributed by atoms with E-state index in [1.807, 2.05) is 24.2 Å². The average Bonchev–Trinajstić information content (AvgIpc) is 3.28. The topological polar surface area (TPSA) is 96.7 Å². The smallest absolute Gasteiger partial charge is 0.283 e. The van der Waals surface area contributed by atoms with Crippen molar-refractivity contribution in [1.82, 2.24) is 14.7 Å². The molecule has 9 heteroatoms. The van der Waals surface area contributed by atoms with Gasteiger partial charge in [-0.15, -0.1) is 4.40 Å². The van der Waals surface area contributed by atoms with Crippen LogP contribution < -0.4 is 5.32 Å². The number of nitrogens with one attached hydrogen (secondary N) is 1. The number of amidine groups is 1. The maximum atomic E-state index is 12.4. The lowest BCUT2D eigenvalue weighted by molar-refractivity contribution is -0.116. The van der Waals surface area contributed by atoms with Crippen molar-refractivity contribution in [3.63, 3.8) is 0 Å². The Morgan fingerprint density at radius 1 is 1.30 bits per heavy atom. The number of nitrogens with zero attached hydrogens (tertiary/aromatic N) is 4. The minimum Gasteiger partial charge on any atom is -0.362 e. The average molecular weight is 389 g/mol. The number of benzene rings is 1. The van der Waals surface area contributed by atoms with E-state index in [2.05, 4.69) is 14.8 Å². The summed E-state index contributed by atoms with van der Waals surface area (Å²) in [7, 11) is -1.90. The molecular formula is C18H23N5O3S. The minimum atomic E-state index is -3.74. The maximum Gasteiger partial charge on any atom is 0.283 e. The first-order chi connectivity index (χ1) is 12.9. The first-order valence-electron chi connectivity index (χ1n) is 8.86. The minimum absolute atomic E-state index is 0.118. The Morgan fingerprint density at radius 2 is 2.07 bits per heavy atom. The summed E-state index contributed by atoms with van der Waals surface area (Å²) in [5, 5.41) is 6.86. The maximum absolute atomic E-state index is 12.4. The summed E-state index contributed by atoms with van der Waals surface area (Å²) >= 11 is 0. The molecule has 2 aromatic rings. The van der Waals surface area contributed by atoms with Gasteiger partial charge in [-0.1, -0.05) is 0 Å². The zero-order valence-corrected chi connectivity index (χ0v) is 16.0. The summed E-state index contributed by atoms with van der Waals surface area (Å²) in [6.45, 7) is 1.49. The number of rotatable bonds is 7. The number of sulfonamides is 1. The number of carbonyl (C=O) groups excluding carboxylic acids is 1. The summed E-state index contributed by atoms with van der Waals surface area (Å²) in [5.74, 6) is 0.468. The van der Waals surface area contributed by atoms with Gasteiger partial charge in [0, 0.05) is 51.1 Å². The highest BCUT2D eigenvalue weighted by Gasteiger charge is 2.20. The Morgan fingerprint density at radius 3 is 2.70 bits per heavy atom. The molecule has 0 saturated carbocycles. The number of likely N-dealkylation sites (tertiary alicyclic amines) is 1. The fraction of sp³-hybridized carbons (Fsp3) is 0.389. The van der Waals surface area contributed by atoms with Gasteiger partial charge in [-0.3, -0.25) is 9.48 Å². The van der Waals surface area contributed by atoms with Crippen LogP contribution in [0.1, 0.15) is 25.7 Å². The number of hydrogen-bond donors (Lipinski definition) is 1. The Bertz CT molecular complexity index is 905. The SMILES string of the molecule is CN1CCC/C1=N\S(=O)(=O)c1ccc(NC(=O)CCCn2cccn2)cc1. The van der Waals surface area contributed by atoms with Crippen molar-refractivity contribution in [2.75, 3.05) is 18.9 Å². The molecule has 1 amide bonds. The Labute approximate surface area is 159 Å². The summed E-state index contributed by atoms with van der Waals surface area (Å²) in [5.41, 5.74) is 0.559. The molecule has 0 bridgehead atoms. The first-order valence-corrected chi connectivity index (χ1v) is 10.3. The zero-order valence-electron chi connectivity index (χ0n) is 15.2. The first kappa shape index (κ1) is 19.1. The number of hydrogen-bond acceptors (Lipinski definition) is 4. The van der Waals surface area contributed by atoms with Gasteiger partial charge in [-0.25, -0.2) is 0 Å². The van der Waals surface area contributed by atoms with Gasteiger partial charge in [0.15, 0.2) is 0 Å². The molecule has 27 heavy (non-hydrogen) atoms. The molecule has 1 aromatic heterocycles. The van der Waals surface area contributed by atoms with Crippen LogP contribution in [0.3, 0.4) is 0 Å². The third-order valence-electron chi connectivity index (χ3n) is 4.35. The van der Waals surface area contributed by atoms with Crippen molar-refractivity contribution in [2.24, 2.45) is 4.40 Å². The van der Waals surface area contributed by atoms with Crippen LogP contribution in [-0.2, 0) is 21.4 Å². The molecule has 1 fully saturated rings. The lowest BCUT2D eigenvalue weighted by atomic mass is 10.2. The van der Waals surface area contributed by atoms with Gasteiger partial charge < -0.3 is 10.2 Å². The molecule has 8 nitrogen and oxygen atoms in total. The van der Waals surface area contributed by atoms with Crippen molar-refractivity contribution in [2.45, 2.75) is 37.1 Å². The predicted octanol–water partition coefficient (Wildman–Crippen LogP) is 2.11. The van der Waals surface area contributed by atoms with Crippen LogP contribution in [0.2, 0.25) is 0 Å². The standard InChI is InChI=1S/C18H23N5O3S/c1-22-12-2-5-17(22)21-27(25,26)16-9-7-15(8-10-16)20-18(24)6-3-13-23-14-4-11-19-23/h4,7-11,14H,2-3,5-6,12-13H2,1H3,(H,20,24)/b21-17+. The van der Waals surface area contributed by atoms with Gasteiger partial charge in [0.05, 0.1) is 4.90 Å². The van der Waals surface area contributed by atoms with E-state index < -0.39 is 10.0 Å². The number of amides is 1. The third kappa shape index (κ3) is 5.16. The monoisotopic (exact) mass is 389 g/mol. The lowest BCUT2D eigenvalue weighted by Crippen LogP contribution is -2.20. The molecule has 0 radical (unpaired) electrons. The van der Waals surface area contributed by atoms with E-state index in [4.69, 9.17) is 0 Å². The molecule has 0 aliphatic carbocycles. The molecule has 0 spiro atoms. The van der Waals surface area contributed by atoms with E-state index in [1.54, 1.807) is 23.0 Å². The number of carbonyl (C=O) groups is 1. The fourth-order valence-electron chi connectivity index (χ4n) is 2.87. The molecule has 0 atom stereocenters. The van der Waals surface area contributed by atoms with E-state index in [1.165, 1.54) is 12.1 Å². The van der Waals surface area contributed by atoms with Crippen LogP contribution in [-0.4, -0.2) is 48.4 Å². The molecule has 1 aliphatic rings. The van der Waals surface area contributed by atoms with Gasteiger partial charge in [-0.05, 0) is 43.2 Å². The van der Waals surface area contributed by atoms with Crippen LogP contribution >= 0.6 is 0 Å². The van der Waals surface area contributed by atoms with E-state index in [0.29, 0.717) is 37.3 Å². The number of anilines is 1. The van der Waals surface area contributed by atoms with Crippen molar-refractivity contribution in [3.05, 3.63) is 42.7 Å². The van der Waals surface area contributed by atoms with Gasteiger partial charge >= 0.3 is 0 Å². The molecule has 0 unspecified atom stereocenters. The van der Waals surface area contributed by atoms with E-state index in [9.17, 15) is 13.2 Å². The summed E-state index contributed by atoms with van der Waals surface area (Å²) in [4.78, 5) is 14.0. The highest BCUT2D eigenvalue weighted by atomic mass is 32.2. The Hall–Kier alpha value is -2.68. The van der Waals surface area contributed by atoms with E-state index in [-0.39, 0.29) is 10.8 Å². The largest absolute Gasteiger partial charge is 0.362 e. The molecule has 1 aliphatic heterocycles. The zero-order chi connectivity index (χ0) is 19.3. The molecule has 1 N–H and O–H groups in total. The number of aromatic nitrogens is 2.